The van der Waals surface area contributed by atoms with Gasteiger partial charge >= 0.3 is 6.18 Å². The second-order valence-corrected chi connectivity index (χ2v) is 8.98. The lowest BCUT2D eigenvalue weighted by atomic mass is 10.00. The average Bonchev–Trinajstić information content (AvgIpc) is 2.77. The number of hydrogen-bond donors (Lipinski definition) is 1. The molecule has 3 rings (SSSR count). The van der Waals surface area contributed by atoms with E-state index in [1.54, 1.807) is 12.1 Å². The summed E-state index contributed by atoms with van der Waals surface area (Å²) < 4.78 is 48.2. The van der Waals surface area contributed by atoms with Crippen molar-refractivity contribution in [3.63, 3.8) is 0 Å². The lowest BCUT2D eigenvalue weighted by molar-refractivity contribution is -0.152. The van der Waals surface area contributed by atoms with Gasteiger partial charge in [0.25, 0.3) is 0 Å². The zero-order valence-corrected chi connectivity index (χ0v) is 20.2. The van der Waals surface area contributed by atoms with Crippen molar-refractivity contribution in [1.82, 2.24) is 4.90 Å². The maximum Gasteiger partial charge on any atom is 0.450 e. The standard InChI is InChI=1S/C25H27BrF3NO3/c1-3-5-13-30(14-6-4-2)15-19-20(31)12-11-18-22(32)21(16-7-9-17(26)10-8-16)24(25(27,28)29)33-23(18)19/h7-12,31H,3-6,13-15H2,1-2H3. The summed E-state index contributed by atoms with van der Waals surface area (Å²) in [5.74, 6) is -1.55. The monoisotopic (exact) mass is 525 g/mol. The first-order valence-electron chi connectivity index (χ1n) is 11.0. The first kappa shape index (κ1) is 25.3. The molecule has 0 atom stereocenters. The predicted octanol–water partition coefficient (Wildman–Crippen LogP) is 7.35. The second-order valence-electron chi connectivity index (χ2n) is 8.06. The number of aromatic hydroxyl groups is 1. The van der Waals surface area contributed by atoms with Crippen LogP contribution in [-0.4, -0.2) is 23.1 Å². The molecule has 0 aliphatic heterocycles. The van der Waals surface area contributed by atoms with Crippen molar-refractivity contribution in [3.8, 4) is 16.9 Å². The molecule has 0 saturated carbocycles. The third-order valence-corrected chi connectivity index (χ3v) is 6.10. The van der Waals surface area contributed by atoms with Crippen molar-refractivity contribution in [1.29, 1.82) is 0 Å². The maximum atomic E-state index is 14.0. The van der Waals surface area contributed by atoms with E-state index in [-0.39, 0.29) is 34.4 Å². The Kier molecular flexibility index (Phi) is 8.23. The molecule has 8 heteroatoms. The molecule has 2 aromatic carbocycles. The molecule has 0 saturated heterocycles. The van der Waals surface area contributed by atoms with Gasteiger partial charge in [-0.05, 0) is 55.8 Å². The fourth-order valence-electron chi connectivity index (χ4n) is 3.79. The fraction of sp³-hybridized carbons (Fsp3) is 0.400. The SMILES string of the molecule is CCCCN(CCCC)Cc1c(O)ccc2c(=O)c(-c3ccc(Br)cc3)c(C(F)(F)F)oc12. The molecule has 0 spiro atoms. The first-order chi connectivity index (χ1) is 15.7. The number of phenolic OH excluding ortho intramolecular Hbond substituents is 1. The van der Waals surface area contributed by atoms with E-state index in [1.807, 2.05) is 0 Å². The minimum absolute atomic E-state index is 0.0136. The van der Waals surface area contributed by atoms with E-state index in [2.05, 4.69) is 34.7 Å². The highest BCUT2D eigenvalue weighted by Gasteiger charge is 2.39. The Bertz CT molecular complexity index is 1150. The van der Waals surface area contributed by atoms with Crippen LogP contribution in [0.5, 0.6) is 5.75 Å². The number of fused-ring (bicyclic) bond motifs is 1. The summed E-state index contributed by atoms with van der Waals surface area (Å²) >= 11 is 3.25. The maximum absolute atomic E-state index is 14.0. The zero-order valence-electron chi connectivity index (χ0n) is 18.6. The van der Waals surface area contributed by atoms with E-state index >= 15 is 0 Å². The Hall–Kier alpha value is -2.32. The van der Waals surface area contributed by atoms with Gasteiger partial charge in [0.15, 0.2) is 0 Å². The Morgan fingerprint density at radius 3 is 2.15 bits per heavy atom. The van der Waals surface area contributed by atoms with Crippen LogP contribution in [-0.2, 0) is 12.7 Å². The van der Waals surface area contributed by atoms with E-state index in [0.29, 0.717) is 4.47 Å². The van der Waals surface area contributed by atoms with Gasteiger partial charge in [0.1, 0.15) is 11.3 Å². The molecule has 1 N–H and O–H groups in total. The topological polar surface area (TPSA) is 53.7 Å². The Balaban J connectivity index is 2.23. The Morgan fingerprint density at radius 1 is 1.00 bits per heavy atom. The molecule has 0 aliphatic rings. The van der Waals surface area contributed by atoms with Gasteiger partial charge < -0.3 is 9.52 Å². The van der Waals surface area contributed by atoms with Gasteiger partial charge in [0.2, 0.25) is 11.2 Å². The number of nitrogens with zero attached hydrogens (tertiary/aromatic N) is 1. The van der Waals surface area contributed by atoms with Gasteiger partial charge in [-0.1, -0.05) is 54.8 Å². The summed E-state index contributed by atoms with van der Waals surface area (Å²) in [5, 5.41) is 10.5. The quantitative estimate of drug-likeness (QED) is 0.317. The summed E-state index contributed by atoms with van der Waals surface area (Å²) in [6, 6.07) is 8.70. The molecular formula is C25H27BrF3NO3. The number of benzene rings is 2. The molecule has 1 aromatic heterocycles. The summed E-state index contributed by atoms with van der Waals surface area (Å²) in [5.41, 5.74) is -1.21. The van der Waals surface area contributed by atoms with Gasteiger partial charge in [-0.15, -0.1) is 0 Å². The normalized spacial score (nSPS) is 12.1. The van der Waals surface area contributed by atoms with Crippen LogP contribution in [0.2, 0.25) is 0 Å². The summed E-state index contributed by atoms with van der Waals surface area (Å²) in [7, 11) is 0. The van der Waals surface area contributed by atoms with Crippen LogP contribution in [0.1, 0.15) is 50.9 Å². The molecule has 178 valence electrons. The van der Waals surface area contributed by atoms with Crippen LogP contribution in [0.25, 0.3) is 22.1 Å². The van der Waals surface area contributed by atoms with E-state index in [0.717, 1.165) is 38.8 Å². The number of hydrogen-bond acceptors (Lipinski definition) is 4. The van der Waals surface area contributed by atoms with Crippen LogP contribution in [0.4, 0.5) is 13.2 Å². The van der Waals surface area contributed by atoms with Crippen molar-refractivity contribution >= 4 is 26.9 Å². The van der Waals surface area contributed by atoms with Crippen LogP contribution >= 0.6 is 15.9 Å². The van der Waals surface area contributed by atoms with E-state index in [1.165, 1.54) is 24.3 Å². The molecule has 0 amide bonds. The molecule has 0 bridgehead atoms. The zero-order chi connectivity index (χ0) is 24.2. The largest absolute Gasteiger partial charge is 0.507 e. The van der Waals surface area contributed by atoms with Crippen LogP contribution in [0, 0.1) is 0 Å². The molecular weight excluding hydrogens is 499 g/mol. The minimum Gasteiger partial charge on any atom is -0.507 e. The first-order valence-corrected chi connectivity index (χ1v) is 11.8. The average molecular weight is 526 g/mol. The van der Waals surface area contributed by atoms with Crippen LogP contribution < -0.4 is 5.43 Å². The van der Waals surface area contributed by atoms with Gasteiger partial charge in [-0.3, -0.25) is 9.69 Å². The van der Waals surface area contributed by atoms with Crippen LogP contribution in [0.3, 0.4) is 0 Å². The Morgan fingerprint density at radius 2 is 1.61 bits per heavy atom. The molecule has 0 radical (unpaired) electrons. The minimum atomic E-state index is -4.89. The van der Waals surface area contributed by atoms with Gasteiger partial charge in [-0.25, -0.2) is 0 Å². The number of alkyl halides is 3. The van der Waals surface area contributed by atoms with Crippen LogP contribution in [0.15, 0.2) is 50.1 Å². The second kappa shape index (κ2) is 10.7. The summed E-state index contributed by atoms with van der Waals surface area (Å²) in [6.07, 6.45) is -1.12. The highest BCUT2D eigenvalue weighted by atomic mass is 79.9. The lowest BCUT2D eigenvalue weighted by Gasteiger charge is -2.23. The smallest absolute Gasteiger partial charge is 0.450 e. The molecule has 4 nitrogen and oxygen atoms in total. The molecule has 0 fully saturated rings. The number of unbranched alkanes of at least 4 members (excludes halogenated alkanes) is 2. The Labute approximate surface area is 199 Å². The molecule has 0 unspecified atom stereocenters. The van der Waals surface area contributed by atoms with E-state index in [4.69, 9.17) is 4.42 Å². The van der Waals surface area contributed by atoms with Crippen molar-refractivity contribution in [3.05, 3.63) is 62.4 Å². The highest BCUT2D eigenvalue weighted by Crippen LogP contribution is 2.39. The van der Waals surface area contributed by atoms with E-state index in [9.17, 15) is 23.1 Å². The molecule has 33 heavy (non-hydrogen) atoms. The lowest BCUT2D eigenvalue weighted by Crippen LogP contribution is -2.26. The third-order valence-electron chi connectivity index (χ3n) is 5.57. The van der Waals surface area contributed by atoms with Crippen molar-refractivity contribution in [2.45, 2.75) is 52.3 Å². The molecule has 0 aliphatic carbocycles. The predicted molar refractivity (Wildman–Crippen MR) is 127 cm³/mol. The van der Waals surface area contributed by atoms with Crippen molar-refractivity contribution in [2.75, 3.05) is 13.1 Å². The summed E-state index contributed by atoms with van der Waals surface area (Å²) in [4.78, 5) is 15.4. The van der Waals surface area contributed by atoms with Crippen molar-refractivity contribution < 1.29 is 22.7 Å². The molecule has 1 heterocycles. The van der Waals surface area contributed by atoms with Gasteiger partial charge in [-0.2, -0.15) is 13.2 Å². The van der Waals surface area contributed by atoms with Gasteiger partial charge in [0.05, 0.1) is 16.5 Å². The van der Waals surface area contributed by atoms with E-state index < -0.39 is 22.9 Å². The summed E-state index contributed by atoms with van der Waals surface area (Å²) in [6.45, 7) is 5.79. The third kappa shape index (κ3) is 5.79. The number of halogens is 4. The molecule has 3 aromatic rings. The van der Waals surface area contributed by atoms with Crippen molar-refractivity contribution in [2.24, 2.45) is 0 Å². The fourth-order valence-corrected chi connectivity index (χ4v) is 4.06. The number of rotatable bonds is 9. The number of phenols is 1. The van der Waals surface area contributed by atoms with Gasteiger partial charge in [0, 0.05) is 11.0 Å². The highest BCUT2D eigenvalue weighted by molar-refractivity contribution is 9.10.